The summed E-state index contributed by atoms with van der Waals surface area (Å²) in [5.74, 6) is -1.46. The highest BCUT2D eigenvalue weighted by molar-refractivity contribution is 7.92. The van der Waals surface area contributed by atoms with Gasteiger partial charge in [-0.1, -0.05) is 41.9 Å². The molecule has 134 valence electrons. The number of anilines is 1. The standard InChI is InChI=1S/C17H13ClN2O5S/c18-13-6-8-14(9-7-13)19-15(16(21)22)20(17(19)23)26(24,25)11-10-12-4-2-1-3-5-12/h1-11,15H,(H,21,22)/b11-10+. The molecule has 9 heteroatoms. The summed E-state index contributed by atoms with van der Waals surface area (Å²) in [6.45, 7) is 0. The van der Waals surface area contributed by atoms with Gasteiger partial charge in [0, 0.05) is 10.7 Å². The lowest BCUT2D eigenvalue weighted by Gasteiger charge is -2.45. The van der Waals surface area contributed by atoms with Crippen molar-refractivity contribution in [2.45, 2.75) is 6.17 Å². The van der Waals surface area contributed by atoms with Crippen LogP contribution in [-0.2, 0) is 14.8 Å². The number of nitrogens with zero attached hydrogens (tertiary/aromatic N) is 2. The van der Waals surface area contributed by atoms with E-state index in [0.29, 0.717) is 14.9 Å². The Morgan fingerprint density at radius 1 is 1.08 bits per heavy atom. The molecule has 3 rings (SSSR count). The first-order chi connectivity index (χ1) is 12.3. The molecule has 0 saturated carbocycles. The van der Waals surface area contributed by atoms with Gasteiger partial charge >= 0.3 is 12.0 Å². The number of carbonyl (C=O) groups is 2. The molecule has 0 aromatic heterocycles. The fourth-order valence-corrected chi connectivity index (χ4v) is 3.83. The SMILES string of the molecule is O=C(O)C1N(c2ccc(Cl)cc2)C(=O)N1S(=O)(=O)/C=C/c1ccccc1. The second kappa shape index (κ2) is 6.81. The molecule has 26 heavy (non-hydrogen) atoms. The van der Waals surface area contributed by atoms with Crippen LogP contribution in [0, 0.1) is 0 Å². The van der Waals surface area contributed by atoms with Crippen molar-refractivity contribution in [3.8, 4) is 0 Å². The number of benzene rings is 2. The van der Waals surface area contributed by atoms with Crippen molar-refractivity contribution in [3.63, 3.8) is 0 Å². The Morgan fingerprint density at radius 2 is 1.69 bits per heavy atom. The molecule has 1 N–H and O–H groups in total. The molecule has 0 bridgehead atoms. The van der Waals surface area contributed by atoms with Crippen LogP contribution in [0.2, 0.25) is 5.02 Å². The summed E-state index contributed by atoms with van der Waals surface area (Å²) in [6, 6.07) is 13.5. The number of hydrogen-bond acceptors (Lipinski definition) is 4. The van der Waals surface area contributed by atoms with E-state index in [1.54, 1.807) is 30.3 Å². The van der Waals surface area contributed by atoms with Crippen LogP contribution in [0.15, 0.2) is 60.0 Å². The zero-order valence-electron chi connectivity index (χ0n) is 13.2. The van der Waals surface area contributed by atoms with Gasteiger partial charge < -0.3 is 5.11 Å². The first-order valence-electron chi connectivity index (χ1n) is 7.40. The maximum absolute atomic E-state index is 12.4. The van der Waals surface area contributed by atoms with Gasteiger partial charge in [0.05, 0.1) is 5.41 Å². The van der Waals surface area contributed by atoms with E-state index in [1.807, 2.05) is 0 Å². The monoisotopic (exact) mass is 392 g/mol. The minimum Gasteiger partial charge on any atom is -0.478 e. The second-order valence-corrected chi connectivity index (χ2v) is 7.53. The van der Waals surface area contributed by atoms with Gasteiger partial charge in [-0.25, -0.2) is 18.0 Å². The van der Waals surface area contributed by atoms with Crippen molar-refractivity contribution in [1.82, 2.24) is 4.31 Å². The maximum Gasteiger partial charge on any atom is 0.349 e. The fraction of sp³-hybridized carbons (Fsp3) is 0.0588. The lowest BCUT2D eigenvalue weighted by molar-refractivity contribution is -0.142. The Bertz CT molecular complexity index is 974. The second-order valence-electron chi connectivity index (χ2n) is 5.40. The van der Waals surface area contributed by atoms with Gasteiger partial charge in [-0.2, -0.15) is 4.31 Å². The molecule has 1 fully saturated rings. The predicted molar refractivity (Wildman–Crippen MR) is 97.0 cm³/mol. The summed E-state index contributed by atoms with van der Waals surface area (Å²) in [5, 5.41) is 10.6. The topological polar surface area (TPSA) is 95.0 Å². The minimum absolute atomic E-state index is 0.241. The highest BCUT2D eigenvalue weighted by atomic mass is 35.5. The van der Waals surface area contributed by atoms with Crippen molar-refractivity contribution >= 4 is 45.4 Å². The van der Waals surface area contributed by atoms with Crippen LogP contribution < -0.4 is 4.90 Å². The number of carboxylic acids is 1. The van der Waals surface area contributed by atoms with Gasteiger partial charge in [0.1, 0.15) is 0 Å². The molecule has 7 nitrogen and oxygen atoms in total. The van der Waals surface area contributed by atoms with E-state index in [2.05, 4.69) is 0 Å². The third-order valence-corrected chi connectivity index (χ3v) is 5.33. The summed E-state index contributed by atoms with van der Waals surface area (Å²) >= 11 is 5.78. The third kappa shape index (κ3) is 3.29. The molecule has 1 aliphatic heterocycles. The van der Waals surface area contributed by atoms with Gasteiger partial charge in [-0.05, 0) is 35.9 Å². The molecule has 2 aromatic carbocycles. The molecule has 0 radical (unpaired) electrons. The number of amides is 2. The first kappa shape index (κ1) is 18.0. The molecule has 1 unspecified atom stereocenters. The number of sulfonamides is 1. The summed E-state index contributed by atoms with van der Waals surface area (Å²) < 4.78 is 25.2. The van der Waals surface area contributed by atoms with E-state index < -0.39 is 28.2 Å². The molecular formula is C17H13ClN2O5S. The van der Waals surface area contributed by atoms with E-state index in [9.17, 15) is 23.1 Å². The number of rotatable bonds is 5. The zero-order valence-corrected chi connectivity index (χ0v) is 14.8. The Labute approximate surface area is 154 Å². The van der Waals surface area contributed by atoms with Crippen LogP contribution in [-0.4, -0.2) is 36.0 Å². The van der Waals surface area contributed by atoms with E-state index >= 15 is 0 Å². The Morgan fingerprint density at radius 3 is 2.27 bits per heavy atom. The number of urea groups is 1. The van der Waals surface area contributed by atoms with Gasteiger partial charge in [-0.3, -0.25) is 4.90 Å². The average molecular weight is 393 g/mol. The number of carbonyl (C=O) groups excluding carboxylic acids is 1. The van der Waals surface area contributed by atoms with Crippen molar-refractivity contribution in [1.29, 1.82) is 0 Å². The summed E-state index contributed by atoms with van der Waals surface area (Å²) in [4.78, 5) is 24.8. The largest absolute Gasteiger partial charge is 0.478 e. The van der Waals surface area contributed by atoms with Crippen LogP contribution in [0.1, 0.15) is 5.56 Å². The van der Waals surface area contributed by atoms with Crippen LogP contribution in [0.5, 0.6) is 0 Å². The molecule has 2 aromatic rings. The Balaban J connectivity index is 1.90. The van der Waals surface area contributed by atoms with Gasteiger partial charge in [0.2, 0.25) is 6.17 Å². The highest BCUT2D eigenvalue weighted by Crippen LogP contribution is 2.33. The van der Waals surface area contributed by atoms with Crippen LogP contribution in [0.3, 0.4) is 0 Å². The lowest BCUT2D eigenvalue weighted by Crippen LogP contribution is -2.72. The molecule has 2 amide bonds. The van der Waals surface area contributed by atoms with Gasteiger partial charge in [0.15, 0.2) is 0 Å². The highest BCUT2D eigenvalue weighted by Gasteiger charge is 2.55. The number of carboxylic acid groups (broad SMARTS) is 1. The smallest absolute Gasteiger partial charge is 0.349 e. The third-order valence-electron chi connectivity index (χ3n) is 3.69. The van der Waals surface area contributed by atoms with Gasteiger partial charge in [0.25, 0.3) is 10.0 Å². The van der Waals surface area contributed by atoms with E-state index in [4.69, 9.17) is 11.6 Å². The van der Waals surface area contributed by atoms with E-state index in [-0.39, 0.29) is 5.69 Å². The van der Waals surface area contributed by atoms with Crippen LogP contribution in [0.25, 0.3) is 6.08 Å². The molecule has 1 heterocycles. The molecule has 1 atom stereocenters. The fourth-order valence-electron chi connectivity index (χ4n) is 2.47. The molecule has 1 aliphatic rings. The van der Waals surface area contributed by atoms with Crippen molar-refractivity contribution in [3.05, 3.63) is 70.6 Å². The van der Waals surface area contributed by atoms with E-state index in [0.717, 1.165) is 10.3 Å². The van der Waals surface area contributed by atoms with E-state index in [1.165, 1.54) is 30.3 Å². The normalized spacial score (nSPS) is 17.4. The lowest BCUT2D eigenvalue weighted by atomic mass is 10.2. The molecular weight excluding hydrogens is 380 g/mol. The van der Waals surface area contributed by atoms with Crippen LogP contribution >= 0.6 is 11.6 Å². The van der Waals surface area contributed by atoms with Crippen molar-refractivity contribution < 1.29 is 23.1 Å². The zero-order chi connectivity index (χ0) is 18.9. The molecule has 0 spiro atoms. The number of hydrogen-bond donors (Lipinski definition) is 1. The Hall–Kier alpha value is -2.84. The van der Waals surface area contributed by atoms with Crippen LogP contribution in [0.4, 0.5) is 10.5 Å². The summed E-state index contributed by atoms with van der Waals surface area (Å²) in [7, 11) is -4.26. The molecule has 0 aliphatic carbocycles. The number of aliphatic carboxylic acids is 1. The van der Waals surface area contributed by atoms with Gasteiger partial charge in [-0.15, -0.1) is 0 Å². The first-order valence-corrected chi connectivity index (χ1v) is 9.28. The predicted octanol–water partition coefficient (Wildman–Crippen LogP) is 2.99. The quantitative estimate of drug-likeness (QED) is 0.843. The average Bonchev–Trinajstić information content (AvgIpc) is 2.60. The number of halogens is 1. The minimum atomic E-state index is -4.26. The summed E-state index contributed by atoms with van der Waals surface area (Å²) in [5.41, 5.74) is 0.843. The van der Waals surface area contributed by atoms with Crippen molar-refractivity contribution in [2.24, 2.45) is 0 Å². The molecule has 1 saturated heterocycles. The summed E-state index contributed by atoms with van der Waals surface area (Å²) in [6.07, 6.45) is -0.360. The Kier molecular flexibility index (Phi) is 4.71. The van der Waals surface area contributed by atoms with Crippen molar-refractivity contribution in [2.75, 3.05) is 4.90 Å². The maximum atomic E-state index is 12.4.